The first-order valence-electron chi connectivity index (χ1n) is 25.5. The number of amides is 3. The molecule has 40 heteroatoms. The third kappa shape index (κ3) is 27.9. The predicted octanol–water partition coefficient (Wildman–Crippen LogP) is 4.84. The molecular formula is C44H85N3O31P6. The van der Waals surface area contributed by atoms with Gasteiger partial charge in [-0.05, 0) is 19.8 Å². The Morgan fingerprint density at radius 1 is 0.560 bits per heavy atom. The van der Waals surface area contributed by atoms with E-state index in [-0.39, 0.29) is 97.7 Å². The minimum Gasteiger partial charge on any atom is -0.462 e. The normalized spacial score (nSPS) is 15.9. The smallest absolute Gasteiger partial charge is 0.374 e. The minimum atomic E-state index is -4.39. The number of ether oxygens (including phenoxy) is 4. The number of hydrogen-bond acceptors (Lipinski definition) is 32. The molecular weight excluding hydrogens is 1250 g/mol. The molecule has 0 aromatic rings. The molecule has 5 unspecified atom stereocenters. The van der Waals surface area contributed by atoms with Crippen molar-refractivity contribution in [2.75, 3.05) is 122 Å². The van der Waals surface area contributed by atoms with Gasteiger partial charge in [-0.15, -0.1) is 5.06 Å². The van der Waals surface area contributed by atoms with Gasteiger partial charge < -0.3 is 94.9 Å². The number of imide groups is 1. The SMILES string of the molecule is CCC(=O)OCC(COP(C)(=O)OCCN)OC(=O)CC.CCC(=O)OCC(COP(C)(=O)OCCNC(=O)CC(O)(P(C)(C)=O)P(=O)(OC)OC)OC(=O)CC.COP(=O)(OC)C(O)(CCCC(=O)ON1C(=O)CCC1=O)P(=O)(OC)OC. The van der Waals surface area contributed by atoms with Crippen LogP contribution in [0.15, 0.2) is 0 Å². The summed E-state index contributed by atoms with van der Waals surface area (Å²) in [6.07, 6.45) is -3.39. The monoisotopic (exact) mass is 1340 g/mol. The number of nitrogens with zero attached hydrogens (tertiary/aromatic N) is 1. The van der Waals surface area contributed by atoms with Gasteiger partial charge >= 0.3 is 67.8 Å². The Balaban J connectivity index is 0. The van der Waals surface area contributed by atoms with E-state index >= 15 is 0 Å². The summed E-state index contributed by atoms with van der Waals surface area (Å²) in [5.41, 5.74) is 5.24. The molecule has 1 aliphatic heterocycles. The van der Waals surface area contributed by atoms with Gasteiger partial charge in [0.1, 0.15) is 20.4 Å². The number of nitrogens with one attached hydrogen (secondary N) is 1. The van der Waals surface area contributed by atoms with Crippen LogP contribution in [0.4, 0.5) is 0 Å². The van der Waals surface area contributed by atoms with E-state index in [4.69, 9.17) is 69.9 Å². The van der Waals surface area contributed by atoms with Crippen molar-refractivity contribution in [2.24, 2.45) is 5.73 Å². The van der Waals surface area contributed by atoms with E-state index in [0.29, 0.717) is 5.06 Å². The molecule has 34 nitrogen and oxygen atoms in total. The summed E-state index contributed by atoms with van der Waals surface area (Å²) in [4.78, 5) is 97.0. The molecule has 0 bridgehead atoms. The Hall–Kier alpha value is -3.18. The van der Waals surface area contributed by atoms with Crippen LogP contribution in [0.3, 0.4) is 0 Å². The fourth-order valence-electron chi connectivity index (χ4n) is 6.14. The largest absolute Gasteiger partial charge is 0.462 e. The van der Waals surface area contributed by atoms with Crippen molar-refractivity contribution in [3.8, 4) is 0 Å². The van der Waals surface area contributed by atoms with Crippen LogP contribution in [0.25, 0.3) is 0 Å². The maximum absolute atomic E-state index is 12.7. The number of rotatable bonds is 40. The molecule has 492 valence electrons. The molecule has 1 heterocycles. The quantitative estimate of drug-likeness (QED) is 0.0210. The second-order valence-electron chi connectivity index (χ2n) is 17.5. The molecule has 0 aliphatic carbocycles. The van der Waals surface area contributed by atoms with Gasteiger partial charge in [0.15, 0.2) is 12.2 Å². The van der Waals surface area contributed by atoms with E-state index in [1.165, 1.54) is 6.66 Å². The molecule has 0 saturated carbocycles. The van der Waals surface area contributed by atoms with E-state index in [0.717, 1.165) is 62.7 Å². The highest BCUT2D eigenvalue weighted by molar-refractivity contribution is 7.78. The average molecular weight is 1340 g/mol. The highest BCUT2D eigenvalue weighted by atomic mass is 31.2. The van der Waals surface area contributed by atoms with E-state index in [1.54, 1.807) is 27.7 Å². The molecule has 0 aromatic heterocycles. The van der Waals surface area contributed by atoms with E-state index in [9.17, 15) is 76.0 Å². The highest BCUT2D eigenvalue weighted by Crippen LogP contribution is 2.77. The number of carbonyl (C=O) groups is 8. The van der Waals surface area contributed by atoms with Crippen molar-refractivity contribution in [3.05, 3.63) is 0 Å². The zero-order valence-electron chi connectivity index (χ0n) is 49.8. The lowest BCUT2D eigenvalue weighted by Gasteiger charge is -2.36. The Morgan fingerprint density at radius 2 is 0.929 bits per heavy atom. The highest BCUT2D eigenvalue weighted by Gasteiger charge is 2.63. The van der Waals surface area contributed by atoms with Crippen LogP contribution in [0, 0.1) is 0 Å². The molecule has 5 N–H and O–H groups in total. The van der Waals surface area contributed by atoms with Crippen molar-refractivity contribution >= 4 is 92.7 Å². The topological polar surface area (TPSA) is 459 Å². The Morgan fingerprint density at radius 3 is 1.27 bits per heavy atom. The zero-order valence-corrected chi connectivity index (χ0v) is 55.2. The second-order valence-corrected chi connectivity index (χ2v) is 33.2. The van der Waals surface area contributed by atoms with Crippen LogP contribution in [-0.4, -0.2) is 207 Å². The summed E-state index contributed by atoms with van der Waals surface area (Å²) < 4.78 is 144. The number of carbonyl (C=O) groups excluding carboxylic acids is 8. The van der Waals surface area contributed by atoms with Gasteiger partial charge in [0.05, 0.1) is 32.8 Å². The first kappa shape index (κ1) is 82.9. The molecule has 1 rings (SSSR count). The van der Waals surface area contributed by atoms with E-state index < -0.39 is 134 Å². The molecule has 5 atom stereocenters. The third-order valence-corrected chi connectivity index (χ3v) is 25.1. The first-order valence-corrected chi connectivity index (χ1v) is 36.7. The van der Waals surface area contributed by atoms with Crippen molar-refractivity contribution in [1.82, 2.24) is 10.4 Å². The van der Waals surface area contributed by atoms with E-state index in [2.05, 4.69) is 10.2 Å². The maximum Gasteiger partial charge on any atom is 0.374 e. The van der Waals surface area contributed by atoms with Crippen molar-refractivity contribution in [3.63, 3.8) is 0 Å². The Bertz CT molecular complexity index is 2380. The van der Waals surface area contributed by atoms with Gasteiger partial charge in [-0.2, -0.15) is 0 Å². The van der Waals surface area contributed by atoms with Gasteiger partial charge in [0, 0.05) is 120 Å². The van der Waals surface area contributed by atoms with Gasteiger partial charge in [-0.3, -0.25) is 56.4 Å². The number of nitrogens with two attached hydrogens (primary N) is 1. The summed E-state index contributed by atoms with van der Waals surface area (Å²) in [7, 11) is -17.8. The number of hydrogen-bond donors (Lipinski definition) is 4. The van der Waals surface area contributed by atoms with Gasteiger partial charge in [0.2, 0.25) is 11.0 Å². The summed E-state index contributed by atoms with van der Waals surface area (Å²) in [6.45, 7) is 10.00. The van der Waals surface area contributed by atoms with Crippen LogP contribution in [0.1, 0.15) is 91.9 Å². The lowest BCUT2D eigenvalue weighted by atomic mass is 10.2. The maximum atomic E-state index is 12.7. The molecule has 3 amide bonds. The lowest BCUT2D eigenvalue weighted by molar-refractivity contribution is -0.197. The summed E-state index contributed by atoms with van der Waals surface area (Å²) in [6, 6.07) is 0. The summed E-state index contributed by atoms with van der Waals surface area (Å²) in [5.74, 6) is -5.04. The summed E-state index contributed by atoms with van der Waals surface area (Å²) >= 11 is 0. The van der Waals surface area contributed by atoms with Gasteiger partial charge in [0.25, 0.3) is 16.9 Å². The molecule has 0 spiro atoms. The fourth-order valence-corrected chi connectivity index (χ4v) is 17.0. The molecule has 0 aromatic carbocycles. The average Bonchev–Trinajstić information content (AvgIpc) is 3.94. The van der Waals surface area contributed by atoms with Crippen LogP contribution in [0.2, 0.25) is 0 Å². The molecule has 1 saturated heterocycles. The molecule has 84 heavy (non-hydrogen) atoms. The lowest BCUT2D eigenvalue weighted by Crippen LogP contribution is -2.38. The van der Waals surface area contributed by atoms with Crippen LogP contribution in [-0.2, 0) is 135 Å². The van der Waals surface area contributed by atoms with Crippen LogP contribution < -0.4 is 11.1 Å². The number of aliphatic hydroxyl groups is 2. The van der Waals surface area contributed by atoms with Crippen LogP contribution in [0.5, 0.6) is 0 Å². The Kier molecular flexibility index (Phi) is 39.1. The molecule has 1 fully saturated rings. The van der Waals surface area contributed by atoms with Crippen molar-refractivity contribution in [2.45, 2.75) is 114 Å². The van der Waals surface area contributed by atoms with Gasteiger partial charge in [-0.1, -0.05) is 27.7 Å². The fraction of sp³-hybridized carbons (Fsp3) is 0.818. The van der Waals surface area contributed by atoms with Crippen molar-refractivity contribution < 1.29 is 145 Å². The van der Waals surface area contributed by atoms with Crippen molar-refractivity contribution in [1.29, 1.82) is 0 Å². The minimum absolute atomic E-state index is 0.0540. The third-order valence-electron chi connectivity index (χ3n) is 10.9. The molecule has 1 aliphatic rings. The van der Waals surface area contributed by atoms with Crippen LogP contribution >= 0.6 is 45.1 Å². The standard InChI is InChI=1S/C19H38NO13P3.C13H23NO11P2.C12H24NO7P/c1-8-17(22)30-13-15(33-18(23)9-2)14-32-35(7,26)31-11-10-20-16(21)12-19(24,34(5,6)25)36(27,28-3)29-4;1-21-26(19,22-2)13(18,27(20,23-3)24-4)9-5-6-12(17)25-14-10(15)7-8-11(14)16;1-4-11(14)17-8-10(20-12(15)5-2)9-19-21(3,16)18-7-6-13/h15,24H,8-14H2,1-7H3,(H,20,21);18H,5-9H2,1-4H3;10H,4-9,13H2,1-3H3. The summed E-state index contributed by atoms with van der Waals surface area (Å²) in [5, 5.41) is 19.1. The zero-order chi connectivity index (χ0) is 65.4. The Labute approximate surface area is 488 Å². The first-order chi connectivity index (χ1) is 38.9. The number of hydroxylamine groups is 2. The van der Waals surface area contributed by atoms with Gasteiger partial charge in [-0.25, -0.2) is 4.79 Å². The van der Waals surface area contributed by atoms with E-state index in [1.807, 2.05) is 0 Å². The molecule has 0 radical (unpaired) electrons. The predicted molar refractivity (Wildman–Crippen MR) is 296 cm³/mol. The number of esters is 4. The second kappa shape index (κ2) is 39.7.